The quantitative estimate of drug-likeness (QED) is 0.866. The molecule has 0 unspecified atom stereocenters. The summed E-state index contributed by atoms with van der Waals surface area (Å²) in [6.45, 7) is 1.87. The van der Waals surface area contributed by atoms with Crippen LogP contribution in [0.1, 0.15) is 10.4 Å². The zero-order chi connectivity index (χ0) is 12.8. The number of anilines is 1. The summed E-state index contributed by atoms with van der Waals surface area (Å²) < 4.78 is 0. The van der Waals surface area contributed by atoms with E-state index in [1.807, 2.05) is 24.6 Å². The Hall–Kier alpha value is -1.39. The molecule has 0 aromatic carbocycles. The van der Waals surface area contributed by atoms with E-state index < -0.39 is 0 Å². The number of aromatic nitrogens is 1. The number of thiophene rings is 1. The molecule has 3 nitrogen and oxygen atoms in total. The van der Waals surface area contributed by atoms with Crippen molar-refractivity contribution >= 4 is 17.2 Å². The van der Waals surface area contributed by atoms with Gasteiger partial charge >= 0.3 is 0 Å². The minimum Gasteiger partial charge on any atom is -0.359 e. The van der Waals surface area contributed by atoms with E-state index in [1.54, 1.807) is 0 Å². The molecule has 0 bridgehead atoms. The third kappa shape index (κ3) is 3.55. The first-order valence-electron chi connectivity index (χ1n) is 6.12. The second-order valence-electron chi connectivity index (χ2n) is 4.31. The number of hydrogen-bond acceptors (Lipinski definition) is 4. The van der Waals surface area contributed by atoms with Gasteiger partial charge in [-0.15, -0.1) is 11.3 Å². The summed E-state index contributed by atoms with van der Waals surface area (Å²) in [5.41, 5.74) is 1.22. The molecule has 2 heterocycles. The van der Waals surface area contributed by atoms with Crippen LogP contribution in [-0.4, -0.2) is 25.6 Å². The van der Waals surface area contributed by atoms with Crippen LogP contribution in [0.2, 0.25) is 0 Å². The Morgan fingerprint density at radius 3 is 2.83 bits per heavy atom. The van der Waals surface area contributed by atoms with Crippen molar-refractivity contribution in [3.05, 3.63) is 46.3 Å². The molecule has 0 amide bonds. The molecule has 1 N–H and O–H groups in total. The first kappa shape index (κ1) is 13.1. The van der Waals surface area contributed by atoms with E-state index in [4.69, 9.17) is 0 Å². The van der Waals surface area contributed by atoms with Crippen molar-refractivity contribution in [2.45, 2.75) is 13.0 Å². The van der Waals surface area contributed by atoms with Crippen LogP contribution in [0.4, 0.5) is 5.82 Å². The Bertz CT molecular complexity index is 450. The zero-order valence-electron chi connectivity index (χ0n) is 10.9. The van der Waals surface area contributed by atoms with E-state index >= 15 is 0 Å². The van der Waals surface area contributed by atoms with Gasteiger partial charge in [-0.2, -0.15) is 0 Å². The summed E-state index contributed by atoms with van der Waals surface area (Å²) in [6, 6.07) is 8.49. The van der Waals surface area contributed by atoms with Crippen LogP contribution in [0.3, 0.4) is 0 Å². The second-order valence-corrected chi connectivity index (χ2v) is 5.34. The third-order valence-corrected chi connectivity index (χ3v) is 3.79. The molecule has 0 fully saturated rings. The summed E-state index contributed by atoms with van der Waals surface area (Å²) in [5, 5.41) is 5.25. The lowest BCUT2D eigenvalue weighted by molar-refractivity contribution is 0.809. The van der Waals surface area contributed by atoms with Gasteiger partial charge in [-0.1, -0.05) is 12.1 Å². The normalized spacial score (nSPS) is 10.6. The fourth-order valence-corrected chi connectivity index (χ4v) is 2.50. The summed E-state index contributed by atoms with van der Waals surface area (Å²) in [5.74, 6) is 1.03. The third-order valence-electron chi connectivity index (χ3n) is 2.85. The number of hydrogen-bond donors (Lipinski definition) is 1. The molecule has 2 rings (SSSR count). The SMILES string of the molecule is CNCc1ccc(N(C)CCc2cccs2)nc1. The summed E-state index contributed by atoms with van der Waals surface area (Å²) in [6.07, 6.45) is 3.02. The van der Waals surface area contributed by atoms with E-state index in [0.29, 0.717) is 0 Å². The van der Waals surface area contributed by atoms with E-state index in [9.17, 15) is 0 Å². The van der Waals surface area contributed by atoms with Crippen LogP contribution in [-0.2, 0) is 13.0 Å². The topological polar surface area (TPSA) is 28.2 Å². The highest BCUT2D eigenvalue weighted by molar-refractivity contribution is 7.09. The van der Waals surface area contributed by atoms with E-state index in [-0.39, 0.29) is 0 Å². The van der Waals surface area contributed by atoms with Gasteiger partial charge in [-0.3, -0.25) is 0 Å². The lowest BCUT2D eigenvalue weighted by Gasteiger charge is -2.17. The van der Waals surface area contributed by atoms with Crippen molar-refractivity contribution in [1.82, 2.24) is 10.3 Å². The van der Waals surface area contributed by atoms with Gasteiger partial charge in [0.1, 0.15) is 5.82 Å². The monoisotopic (exact) mass is 261 g/mol. The first-order valence-corrected chi connectivity index (χ1v) is 7.00. The number of pyridine rings is 1. The molecular weight excluding hydrogens is 242 g/mol. The van der Waals surface area contributed by atoms with Gasteiger partial charge in [0.05, 0.1) is 0 Å². The highest BCUT2D eigenvalue weighted by atomic mass is 32.1. The fourth-order valence-electron chi connectivity index (χ4n) is 1.80. The number of nitrogens with zero attached hydrogens (tertiary/aromatic N) is 2. The average molecular weight is 261 g/mol. The molecule has 2 aromatic rings. The summed E-state index contributed by atoms with van der Waals surface area (Å²) in [4.78, 5) is 8.11. The zero-order valence-corrected chi connectivity index (χ0v) is 11.7. The molecule has 4 heteroatoms. The smallest absolute Gasteiger partial charge is 0.128 e. The van der Waals surface area contributed by atoms with Crippen molar-refractivity contribution in [3.63, 3.8) is 0 Å². The number of nitrogens with one attached hydrogen (secondary N) is 1. The Morgan fingerprint density at radius 2 is 2.22 bits per heavy atom. The lowest BCUT2D eigenvalue weighted by Crippen LogP contribution is -2.21. The largest absolute Gasteiger partial charge is 0.359 e. The minimum atomic E-state index is 0.867. The van der Waals surface area contributed by atoms with Crippen molar-refractivity contribution in [1.29, 1.82) is 0 Å². The van der Waals surface area contributed by atoms with E-state index in [0.717, 1.165) is 25.3 Å². The predicted molar refractivity (Wildman–Crippen MR) is 78.3 cm³/mol. The predicted octanol–water partition coefficient (Wildman–Crippen LogP) is 2.54. The highest BCUT2D eigenvalue weighted by Gasteiger charge is 2.03. The summed E-state index contributed by atoms with van der Waals surface area (Å²) >= 11 is 1.81. The number of rotatable bonds is 6. The minimum absolute atomic E-state index is 0.867. The van der Waals surface area contributed by atoms with Crippen molar-refractivity contribution < 1.29 is 0 Å². The van der Waals surface area contributed by atoms with Gasteiger partial charge < -0.3 is 10.2 Å². The standard InChI is InChI=1S/C14H19N3S/c1-15-10-12-5-6-14(16-11-12)17(2)8-7-13-4-3-9-18-13/h3-6,9,11,15H,7-8,10H2,1-2H3. The average Bonchev–Trinajstić information content (AvgIpc) is 2.90. The van der Waals surface area contributed by atoms with Crippen molar-refractivity contribution in [3.8, 4) is 0 Å². The Morgan fingerprint density at radius 1 is 1.33 bits per heavy atom. The van der Waals surface area contributed by atoms with Crippen LogP contribution >= 0.6 is 11.3 Å². The number of likely N-dealkylation sites (N-methyl/N-ethyl adjacent to an activating group) is 1. The van der Waals surface area contributed by atoms with E-state index in [2.05, 4.69) is 51.9 Å². The molecule has 0 aliphatic rings. The Labute approximate surface area is 112 Å². The molecule has 18 heavy (non-hydrogen) atoms. The Kier molecular flexibility index (Phi) is 4.73. The molecule has 2 aromatic heterocycles. The molecule has 0 saturated heterocycles. The van der Waals surface area contributed by atoms with Crippen LogP contribution in [0.25, 0.3) is 0 Å². The molecule has 0 saturated carbocycles. The molecular formula is C14H19N3S. The van der Waals surface area contributed by atoms with E-state index in [1.165, 1.54) is 10.4 Å². The molecule has 0 spiro atoms. The van der Waals surface area contributed by atoms with Crippen molar-refractivity contribution in [2.24, 2.45) is 0 Å². The second kappa shape index (κ2) is 6.52. The van der Waals surface area contributed by atoms with Crippen LogP contribution in [0.5, 0.6) is 0 Å². The van der Waals surface area contributed by atoms with Gasteiger partial charge in [-0.05, 0) is 36.5 Å². The van der Waals surface area contributed by atoms with Crippen LogP contribution in [0.15, 0.2) is 35.8 Å². The van der Waals surface area contributed by atoms with Gasteiger partial charge in [0, 0.05) is 31.2 Å². The van der Waals surface area contributed by atoms with Gasteiger partial charge in [0.15, 0.2) is 0 Å². The molecule has 96 valence electrons. The highest BCUT2D eigenvalue weighted by Crippen LogP contribution is 2.13. The van der Waals surface area contributed by atoms with Gasteiger partial charge in [-0.25, -0.2) is 4.98 Å². The molecule has 0 aliphatic carbocycles. The fraction of sp³-hybridized carbons (Fsp3) is 0.357. The lowest BCUT2D eigenvalue weighted by atomic mass is 10.2. The maximum absolute atomic E-state index is 4.49. The van der Waals surface area contributed by atoms with Crippen molar-refractivity contribution in [2.75, 3.05) is 25.5 Å². The van der Waals surface area contributed by atoms with Crippen LogP contribution in [0, 0.1) is 0 Å². The van der Waals surface area contributed by atoms with Gasteiger partial charge in [0.25, 0.3) is 0 Å². The molecule has 0 radical (unpaired) electrons. The van der Waals surface area contributed by atoms with Gasteiger partial charge in [0.2, 0.25) is 0 Å². The summed E-state index contributed by atoms with van der Waals surface area (Å²) in [7, 11) is 4.04. The first-order chi connectivity index (χ1) is 8.79. The maximum Gasteiger partial charge on any atom is 0.128 e. The maximum atomic E-state index is 4.49. The van der Waals surface area contributed by atoms with Crippen LogP contribution < -0.4 is 10.2 Å². The Balaban J connectivity index is 1.89. The molecule has 0 aliphatic heterocycles. The molecule has 0 atom stereocenters.